The van der Waals surface area contributed by atoms with Crippen LogP contribution in [-0.2, 0) is 16.1 Å². The van der Waals surface area contributed by atoms with Crippen molar-refractivity contribution in [2.24, 2.45) is 0 Å². The van der Waals surface area contributed by atoms with Crippen molar-refractivity contribution in [3.05, 3.63) is 102 Å². The van der Waals surface area contributed by atoms with Gasteiger partial charge in [-0.05, 0) is 48.4 Å². The highest BCUT2D eigenvalue weighted by Gasteiger charge is 2.11. The van der Waals surface area contributed by atoms with Crippen molar-refractivity contribution in [2.45, 2.75) is 20.4 Å². The number of carbonyl (C=O) groups excluding carboxylic acids is 2. The topological polar surface area (TPSA) is 88.9 Å². The second kappa shape index (κ2) is 10.4. The number of nitrogens with one attached hydrogen (secondary N) is 2. The van der Waals surface area contributed by atoms with Crippen molar-refractivity contribution in [3.63, 3.8) is 0 Å². The van der Waals surface area contributed by atoms with Crippen LogP contribution >= 0.6 is 0 Å². The fourth-order valence-corrected chi connectivity index (χ4v) is 3.57. The first kappa shape index (κ1) is 22.7. The Morgan fingerprint density at radius 2 is 1.74 bits per heavy atom. The molecular formula is C27H25N5O2. The molecule has 0 spiro atoms. The summed E-state index contributed by atoms with van der Waals surface area (Å²) in [6.07, 6.45) is 8.61. The first-order chi connectivity index (χ1) is 16.5. The Bertz CT molecular complexity index is 1330. The van der Waals surface area contributed by atoms with E-state index in [9.17, 15) is 9.59 Å². The van der Waals surface area contributed by atoms with Crippen LogP contribution in [0.2, 0.25) is 0 Å². The van der Waals surface area contributed by atoms with Gasteiger partial charge in [-0.2, -0.15) is 5.10 Å². The molecule has 0 aliphatic carbocycles. The maximum Gasteiger partial charge on any atom is 0.248 e. The van der Waals surface area contributed by atoms with Crippen LogP contribution in [0, 0.1) is 6.92 Å². The Hall–Kier alpha value is -4.52. The summed E-state index contributed by atoms with van der Waals surface area (Å²) in [7, 11) is 0. The van der Waals surface area contributed by atoms with Crippen LogP contribution in [0.4, 0.5) is 11.4 Å². The Kier molecular flexibility index (Phi) is 6.93. The minimum Gasteiger partial charge on any atom is -0.326 e. The molecule has 0 saturated heterocycles. The predicted molar refractivity (Wildman–Crippen MR) is 134 cm³/mol. The van der Waals surface area contributed by atoms with Crippen molar-refractivity contribution in [1.82, 2.24) is 14.8 Å². The van der Waals surface area contributed by atoms with Gasteiger partial charge in [0, 0.05) is 54.1 Å². The monoisotopic (exact) mass is 451 g/mol. The van der Waals surface area contributed by atoms with E-state index in [1.807, 2.05) is 60.3 Å². The molecule has 7 nitrogen and oxygen atoms in total. The largest absolute Gasteiger partial charge is 0.326 e. The van der Waals surface area contributed by atoms with Crippen molar-refractivity contribution < 1.29 is 9.59 Å². The molecule has 4 aromatic rings. The zero-order valence-electron chi connectivity index (χ0n) is 19.0. The lowest BCUT2D eigenvalue weighted by Gasteiger charge is -2.11. The number of hydrogen-bond donors (Lipinski definition) is 2. The van der Waals surface area contributed by atoms with Crippen LogP contribution in [0.1, 0.15) is 23.6 Å². The van der Waals surface area contributed by atoms with Crippen LogP contribution < -0.4 is 10.6 Å². The number of amides is 2. The van der Waals surface area contributed by atoms with E-state index in [1.54, 1.807) is 36.7 Å². The molecule has 0 atom stereocenters. The number of carbonyl (C=O) groups is 2. The van der Waals surface area contributed by atoms with Gasteiger partial charge in [-0.15, -0.1) is 0 Å². The van der Waals surface area contributed by atoms with Crippen molar-refractivity contribution >= 4 is 29.3 Å². The molecule has 0 aliphatic rings. The highest BCUT2D eigenvalue weighted by Crippen LogP contribution is 2.25. The molecule has 0 unspecified atom stereocenters. The van der Waals surface area contributed by atoms with Gasteiger partial charge in [-0.1, -0.05) is 36.4 Å². The zero-order valence-corrected chi connectivity index (χ0v) is 19.0. The molecule has 34 heavy (non-hydrogen) atoms. The molecule has 0 radical (unpaired) electrons. The van der Waals surface area contributed by atoms with Crippen LogP contribution in [-0.4, -0.2) is 26.6 Å². The highest BCUT2D eigenvalue weighted by atomic mass is 16.2. The van der Waals surface area contributed by atoms with Gasteiger partial charge in [0.25, 0.3) is 0 Å². The quantitative estimate of drug-likeness (QED) is 0.391. The summed E-state index contributed by atoms with van der Waals surface area (Å²) in [5, 5.41) is 10.4. The van der Waals surface area contributed by atoms with Gasteiger partial charge in [-0.25, -0.2) is 0 Å². The Morgan fingerprint density at radius 3 is 2.44 bits per heavy atom. The summed E-state index contributed by atoms with van der Waals surface area (Å²) in [6, 6.07) is 19.2. The lowest BCUT2D eigenvalue weighted by atomic mass is 10.1. The van der Waals surface area contributed by atoms with E-state index < -0.39 is 0 Å². The minimum atomic E-state index is -0.281. The van der Waals surface area contributed by atoms with Gasteiger partial charge in [0.1, 0.15) is 5.69 Å². The summed E-state index contributed by atoms with van der Waals surface area (Å²) in [5.74, 6) is -0.446. The normalized spacial score (nSPS) is 10.9. The van der Waals surface area contributed by atoms with Crippen LogP contribution in [0.15, 0.2) is 85.3 Å². The van der Waals surface area contributed by atoms with E-state index in [0.717, 1.165) is 27.9 Å². The van der Waals surface area contributed by atoms with Gasteiger partial charge in [-0.3, -0.25) is 19.3 Å². The number of anilines is 2. The summed E-state index contributed by atoms with van der Waals surface area (Å²) in [4.78, 5) is 28.3. The van der Waals surface area contributed by atoms with Gasteiger partial charge >= 0.3 is 0 Å². The molecule has 170 valence electrons. The van der Waals surface area contributed by atoms with Gasteiger partial charge in [0.2, 0.25) is 11.8 Å². The third-order valence-electron chi connectivity index (χ3n) is 5.23. The first-order valence-corrected chi connectivity index (χ1v) is 10.9. The molecule has 7 heteroatoms. The standard InChI is InChI=1S/C27H25N5O2/c1-19-24(29-20(2)33)11-6-12-25(19)30-26(34)14-13-23-18-32(17-21-8-4-3-5-9-21)31-27(23)22-10-7-15-28-16-22/h3-16,18H,17H2,1-2H3,(H,29,33)(H,30,34)/b14-13+. The summed E-state index contributed by atoms with van der Waals surface area (Å²) >= 11 is 0. The molecule has 0 aliphatic heterocycles. The van der Waals surface area contributed by atoms with E-state index in [-0.39, 0.29) is 11.8 Å². The smallest absolute Gasteiger partial charge is 0.248 e. The molecular weight excluding hydrogens is 426 g/mol. The third-order valence-corrected chi connectivity index (χ3v) is 5.23. The van der Waals surface area contributed by atoms with Gasteiger partial charge in [0.05, 0.1) is 6.54 Å². The third kappa shape index (κ3) is 5.63. The molecule has 2 N–H and O–H groups in total. The van der Waals surface area contributed by atoms with Gasteiger partial charge < -0.3 is 10.6 Å². The first-order valence-electron chi connectivity index (χ1n) is 10.9. The van der Waals surface area contributed by atoms with Crippen LogP contribution in [0.5, 0.6) is 0 Å². The SMILES string of the molecule is CC(=O)Nc1cccc(NC(=O)/C=C/c2cn(Cc3ccccc3)nc2-c2cccnc2)c1C. The van der Waals surface area contributed by atoms with E-state index in [0.29, 0.717) is 17.9 Å². The predicted octanol–water partition coefficient (Wildman–Crippen LogP) is 4.91. The minimum absolute atomic E-state index is 0.165. The number of hydrogen-bond acceptors (Lipinski definition) is 4. The Morgan fingerprint density at radius 1 is 0.971 bits per heavy atom. The second-order valence-corrected chi connectivity index (χ2v) is 7.84. The van der Waals surface area contributed by atoms with Crippen molar-refractivity contribution in [3.8, 4) is 11.3 Å². The molecule has 2 amide bonds. The van der Waals surface area contributed by atoms with E-state index in [2.05, 4.69) is 15.6 Å². The Balaban J connectivity index is 1.57. The summed E-state index contributed by atoms with van der Waals surface area (Å²) in [5.41, 5.74) is 5.63. The number of pyridine rings is 1. The highest BCUT2D eigenvalue weighted by molar-refractivity contribution is 6.03. The fourth-order valence-electron chi connectivity index (χ4n) is 3.57. The van der Waals surface area contributed by atoms with E-state index in [1.165, 1.54) is 13.0 Å². The lowest BCUT2D eigenvalue weighted by Crippen LogP contribution is -2.12. The molecule has 2 heterocycles. The molecule has 0 fully saturated rings. The molecule has 2 aromatic heterocycles. The maximum atomic E-state index is 12.7. The molecule has 0 bridgehead atoms. The van der Waals surface area contributed by atoms with Crippen LogP contribution in [0.3, 0.4) is 0 Å². The lowest BCUT2D eigenvalue weighted by molar-refractivity contribution is -0.114. The number of aromatic nitrogens is 3. The maximum absolute atomic E-state index is 12.7. The van der Waals surface area contributed by atoms with Crippen LogP contribution in [0.25, 0.3) is 17.3 Å². The Labute approximate surface area is 198 Å². The summed E-state index contributed by atoms with van der Waals surface area (Å²) < 4.78 is 1.86. The number of rotatable bonds is 7. The van der Waals surface area contributed by atoms with Crippen molar-refractivity contribution in [1.29, 1.82) is 0 Å². The average molecular weight is 452 g/mol. The number of nitrogens with zero attached hydrogens (tertiary/aromatic N) is 3. The second-order valence-electron chi connectivity index (χ2n) is 7.84. The molecule has 2 aromatic carbocycles. The van der Waals surface area contributed by atoms with E-state index >= 15 is 0 Å². The average Bonchev–Trinajstić information content (AvgIpc) is 3.24. The molecule has 0 saturated carbocycles. The van der Waals surface area contributed by atoms with Gasteiger partial charge in [0.15, 0.2) is 0 Å². The molecule has 4 rings (SSSR count). The van der Waals surface area contributed by atoms with Crippen molar-refractivity contribution in [2.75, 3.05) is 10.6 Å². The van der Waals surface area contributed by atoms with E-state index in [4.69, 9.17) is 5.10 Å². The summed E-state index contributed by atoms with van der Waals surface area (Å²) in [6.45, 7) is 3.91. The number of benzene rings is 2. The fraction of sp³-hybridized carbons (Fsp3) is 0.111. The zero-order chi connectivity index (χ0) is 23.9.